The molecule has 1 amide bonds. The highest BCUT2D eigenvalue weighted by Gasteiger charge is 2.33. The lowest BCUT2D eigenvalue weighted by Crippen LogP contribution is -2.54. The number of piperidine rings is 1. The predicted octanol–water partition coefficient (Wildman–Crippen LogP) is 1.19. The van der Waals surface area contributed by atoms with Crippen LogP contribution < -0.4 is 9.47 Å². The van der Waals surface area contributed by atoms with Gasteiger partial charge in [-0.1, -0.05) is 0 Å². The molecule has 1 aliphatic heterocycles. The molecule has 162 valence electrons. The Bertz CT molecular complexity index is 658. The number of hydrogen-bond donors (Lipinski definition) is 1. The zero-order chi connectivity index (χ0) is 21.4. The van der Waals surface area contributed by atoms with Crippen LogP contribution in [-0.4, -0.2) is 87.9 Å². The Labute approximate surface area is 175 Å². The van der Waals surface area contributed by atoms with Gasteiger partial charge < -0.3 is 29.0 Å². The Kier molecular flexibility index (Phi) is 9.27. The minimum Gasteiger partial charge on any atom is -0.493 e. The van der Waals surface area contributed by atoms with Gasteiger partial charge in [-0.15, -0.1) is 0 Å². The van der Waals surface area contributed by atoms with E-state index in [1.54, 1.807) is 32.4 Å². The number of aliphatic hydroxyl groups is 1. The Morgan fingerprint density at radius 3 is 2.66 bits per heavy atom. The molecule has 0 spiro atoms. The molecule has 1 aromatic carbocycles. The Hall–Kier alpha value is -1.77. The maximum absolute atomic E-state index is 13.4. The molecule has 0 saturated carbocycles. The van der Waals surface area contributed by atoms with Crippen LogP contribution in [0.25, 0.3) is 0 Å². The van der Waals surface area contributed by atoms with E-state index in [0.717, 1.165) is 25.9 Å². The van der Waals surface area contributed by atoms with Gasteiger partial charge in [0.05, 0.1) is 13.7 Å². The van der Waals surface area contributed by atoms with Gasteiger partial charge in [0.1, 0.15) is 0 Å². The lowest BCUT2D eigenvalue weighted by atomic mass is 9.90. The zero-order valence-electron chi connectivity index (χ0n) is 18.4. The fraction of sp³-hybridized carbons (Fsp3) is 0.667. The first-order valence-corrected chi connectivity index (χ1v) is 10.3. The molecule has 0 aliphatic carbocycles. The largest absolute Gasteiger partial charge is 0.493 e. The summed E-state index contributed by atoms with van der Waals surface area (Å²) in [6.45, 7) is 6.97. The van der Waals surface area contributed by atoms with Crippen LogP contribution >= 0.6 is 0 Å². The lowest BCUT2D eigenvalue weighted by Gasteiger charge is -2.43. The number of amides is 1. The number of carbonyl (C=O) groups is 1. The Balaban J connectivity index is 2.22. The van der Waals surface area contributed by atoms with Crippen molar-refractivity contribution in [2.45, 2.75) is 38.8 Å². The number of hydrogen-bond acceptors (Lipinski definition) is 6. The molecular formula is C21H35BN2O5. The van der Waals surface area contributed by atoms with Crippen LogP contribution in [0.4, 0.5) is 0 Å². The van der Waals surface area contributed by atoms with Crippen molar-refractivity contribution in [2.75, 3.05) is 47.1 Å². The van der Waals surface area contributed by atoms with Gasteiger partial charge in [-0.3, -0.25) is 4.79 Å². The summed E-state index contributed by atoms with van der Waals surface area (Å²) in [6.07, 6.45) is 1.56. The molecule has 0 bridgehead atoms. The fourth-order valence-electron chi connectivity index (χ4n) is 4.02. The number of methoxy groups -OCH3 is 2. The van der Waals surface area contributed by atoms with Crippen LogP contribution in [0.3, 0.4) is 0 Å². The van der Waals surface area contributed by atoms with Crippen molar-refractivity contribution in [2.24, 2.45) is 5.92 Å². The third kappa shape index (κ3) is 6.36. The van der Waals surface area contributed by atoms with Gasteiger partial charge in [0.25, 0.3) is 5.91 Å². The van der Waals surface area contributed by atoms with Gasteiger partial charge in [0.15, 0.2) is 19.5 Å². The van der Waals surface area contributed by atoms with E-state index in [0.29, 0.717) is 30.3 Å². The second-order valence-corrected chi connectivity index (χ2v) is 8.03. The van der Waals surface area contributed by atoms with Gasteiger partial charge >= 0.3 is 0 Å². The topological polar surface area (TPSA) is 71.5 Å². The van der Waals surface area contributed by atoms with Crippen molar-refractivity contribution in [1.29, 1.82) is 0 Å². The van der Waals surface area contributed by atoms with Gasteiger partial charge in [-0.25, -0.2) is 0 Å². The first-order valence-electron chi connectivity index (χ1n) is 10.3. The molecular weight excluding hydrogens is 371 g/mol. The lowest BCUT2D eigenvalue weighted by molar-refractivity contribution is 0.0406. The third-order valence-electron chi connectivity index (χ3n) is 5.30. The normalized spacial score (nSPS) is 19.9. The van der Waals surface area contributed by atoms with Crippen molar-refractivity contribution < 1.29 is 24.1 Å². The van der Waals surface area contributed by atoms with Crippen LogP contribution in [-0.2, 0) is 4.74 Å². The summed E-state index contributed by atoms with van der Waals surface area (Å²) in [5.41, 5.74) is 0.579. The molecule has 2 unspecified atom stereocenters. The van der Waals surface area contributed by atoms with Crippen LogP contribution in [0.2, 0.25) is 0 Å². The zero-order valence-corrected chi connectivity index (χ0v) is 18.4. The average molecular weight is 406 g/mol. The summed E-state index contributed by atoms with van der Waals surface area (Å²) in [4.78, 5) is 17.6. The summed E-state index contributed by atoms with van der Waals surface area (Å²) in [6, 6.07) is 5.44. The van der Waals surface area contributed by atoms with Crippen LogP contribution in [0.1, 0.15) is 37.0 Å². The summed E-state index contributed by atoms with van der Waals surface area (Å²) >= 11 is 0. The number of carbonyl (C=O) groups excluding carboxylic acids is 1. The van der Waals surface area contributed by atoms with Crippen LogP contribution in [0.15, 0.2) is 18.2 Å². The van der Waals surface area contributed by atoms with Crippen molar-refractivity contribution in [3.63, 3.8) is 0 Å². The fourth-order valence-corrected chi connectivity index (χ4v) is 4.02. The van der Waals surface area contributed by atoms with Gasteiger partial charge in [0, 0.05) is 50.9 Å². The molecule has 1 heterocycles. The summed E-state index contributed by atoms with van der Waals surface area (Å²) < 4.78 is 16.3. The second kappa shape index (κ2) is 11.4. The standard InChI is InChI=1S/C21H35BN2O5/c1-15(2)24(18-10-16(14-25)12-23(22)13-18)21(26)17-6-7-19(28-4)20(11-17)29-9-5-8-27-3/h6-7,11,15-16,18,25H,5,8-10,12-14,22H2,1-4H3. The maximum atomic E-state index is 13.4. The van der Waals surface area contributed by atoms with E-state index in [1.165, 1.54) is 0 Å². The molecule has 1 aliphatic rings. The quantitative estimate of drug-likeness (QED) is 0.465. The minimum atomic E-state index is -0.0265. The molecule has 2 atom stereocenters. The molecule has 0 aromatic heterocycles. The van der Waals surface area contributed by atoms with Gasteiger partial charge in [-0.2, -0.15) is 0 Å². The molecule has 29 heavy (non-hydrogen) atoms. The van der Waals surface area contributed by atoms with Crippen molar-refractivity contribution >= 4 is 13.9 Å². The van der Waals surface area contributed by atoms with E-state index in [1.807, 2.05) is 26.7 Å². The molecule has 8 heteroatoms. The van der Waals surface area contributed by atoms with E-state index in [9.17, 15) is 9.90 Å². The molecule has 1 aromatic rings. The number of benzene rings is 1. The van der Waals surface area contributed by atoms with Gasteiger partial charge in [0.2, 0.25) is 0 Å². The molecule has 7 nitrogen and oxygen atoms in total. The van der Waals surface area contributed by atoms with Crippen LogP contribution in [0, 0.1) is 5.92 Å². The number of nitrogens with zero attached hydrogens (tertiary/aromatic N) is 2. The number of aliphatic hydroxyl groups excluding tert-OH is 1. The van der Waals surface area contributed by atoms with Crippen molar-refractivity contribution in [3.8, 4) is 11.5 Å². The van der Waals surface area contributed by atoms with Gasteiger partial charge in [-0.05, 0) is 50.9 Å². The molecule has 1 fully saturated rings. The summed E-state index contributed by atoms with van der Waals surface area (Å²) in [7, 11) is 5.29. The van der Waals surface area contributed by atoms with Crippen molar-refractivity contribution in [1.82, 2.24) is 9.71 Å². The maximum Gasteiger partial charge on any atom is 0.254 e. The van der Waals surface area contributed by atoms with E-state index in [2.05, 4.69) is 4.81 Å². The number of ether oxygens (including phenoxy) is 3. The Morgan fingerprint density at radius 2 is 2.03 bits per heavy atom. The van der Waals surface area contributed by atoms with E-state index >= 15 is 0 Å². The minimum absolute atomic E-state index is 0.0265. The van der Waals surface area contributed by atoms with Crippen molar-refractivity contribution in [3.05, 3.63) is 23.8 Å². The van der Waals surface area contributed by atoms with E-state index in [-0.39, 0.29) is 30.5 Å². The van der Waals surface area contributed by atoms with Crippen LogP contribution in [0.5, 0.6) is 11.5 Å². The summed E-state index contributed by atoms with van der Waals surface area (Å²) in [5, 5.41) is 9.65. The highest BCUT2D eigenvalue weighted by molar-refractivity contribution is 6.04. The SMILES string of the molecule is BN1CC(CO)CC(N(C(=O)c2ccc(OC)c(OCCCOC)c2)C(C)C)C1. The second-order valence-electron chi connectivity index (χ2n) is 8.03. The molecule has 1 N–H and O–H groups in total. The molecule has 1 saturated heterocycles. The molecule has 0 radical (unpaired) electrons. The van der Waals surface area contributed by atoms with E-state index in [4.69, 9.17) is 14.2 Å². The van der Waals surface area contributed by atoms with E-state index < -0.39 is 0 Å². The highest BCUT2D eigenvalue weighted by Crippen LogP contribution is 2.30. The third-order valence-corrected chi connectivity index (χ3v) is 5.30. The highest BCUT2D eigenvalue weighted by atomic mass is 16.5. The Morgan fingerprint density at radius 1 is 1.28 bits per heavy atom. The first kappa shape index (κ1) is 23.5. The molecule has 2 rings (SSSR count). The average Bonchev–Trinajstić information content (AvgIpc) is 2.70. The smallest absolute Gasteiger partial charge is 0.254 e. The summed E-state index contributed by atoms with van der Waals surface area (Å²) in [5.74, 6) is 1.32. The first-order chi connectivity index (χ1) is 13.9. The number of rotatable bonds is 10. The monoisotopic (exact) mass is 406 g/mol. The predicted molar refractivity (Wildman–Crippen MR) is 115 cm³/mol.